The van der Waals surface area contributed by atoms with E-state index in [1.54, 1.807) is 6.92 Å². The molecule has 0 aliphatic carbocycles. The summed E-state index contributed by atoms with van der Waals surface area (Å²) in [5.41, 5.74) is 5.03. The molecule has 0 fully saturated rings. The third kappa shape index (κ3) is 4.40. The van der Waals surface area contributed by atoms with E-state index < -0.39 is 0 Å². The molecule has 0 aliphatic heterocycles. The van der Waals surface area contributed by atoms with Crippen molar-refractivity contribution in [3.63, 3.8) is 0 Å². The molecule has 1 amide bonds. The Kier molecular flexibility index (Phi) is 4.32. The largest absolute Gasteiger partial charge is 0.368 e. The molecule has 3 heteroatoms. The number of hydrogen-bond acceptors (Lipinski definition) is 2. The van der Waals surface area contributed by atoms with Gasteiger partial charge in [-0.1, -0.05) is 0 Å². The number of carbonyl (C=O) groups excluding carboxylic acids is 1. The predicted octanol–water partition coefficient (Wildman–Crippen LogP) is -0.138. The van der Waals surface area contributed by atoms with Crippen LogP contribution in [0, 0.1) is 12.3 Å². The van der Waals surface area contributed by atoms with Crippen LogP contribution in [-0.4, -0.2) is 18.0 Å². The molecule has 62 valence electrons. The summed E-state index contributed by atoms with van der Waals surface area (Å²) in [5.74, 6) is 2.14. The zero-order chi connectivity index (χ0) is 8.85. The Hall–Kier alpha value is -1.01. The standard InChI is InChI=1S/C8H14N2O/c1-4-5-6(2)10-7(3)8(9)11/h1,6-7,10H,5H2,2-3H3,(H2,9,11). The van der Waals surface area contributed by atoms with Crippen LogP contribution in [0.3, 0.4) is 0 Å². The molecule has 0 aliphatic rings. The summed E-state index contributed by atoms with van der Waals surface area (Å²) in [6.07, 6.45) is 5.68. The number of rotatable bonds is 4. The molecule has 3 N–H and O–H groups in total. The third-order valence-corrected chi connectivity index (χ3v) is 1.39. The Morgan fingerprint density at radius 3 is 2.64 bits per heavy atom. The van der Waals surface area contributed by atoms with E-state index in [0.717, 1.165) is 0 Å². The SMILES string of the molecule is C#CCC(C)NC(C)C(N)=O. The number of nitrogens with two attached hydrogens (primary N) is 1. The molecule has 0 radical (unpaired) electrons. The van der Waals surface area contributed by atoms with E-state index in [2.05, 4.69) is 11.2 Å². The van der Waals surface area contributed by atoms with Gasteiger partial charge in [-0.15, -0.1) is 12.3 Å². The van der Waals surface area contributed by atoms with Gasteiger partial charge in [-0.05, 0) is 13.8 Å². The van der Waals surface area contributed by atoms with Crippen LogP contribution in [0.15, 0.2) is 0 Å². The van der Waals surface area contributed by atoms with E-state index in [4.69, 9.17) is 12.2 Å². The molecule has 0 aromatic rings. The molecule has 0 rings (SSSR count). The van der Waals surface area contributed by atoms with E-state index in [0.29, 0.717) is 6.42 Å². The summed E-state index contributed by atoms with van der Waals surface area (Å²) in [7, 11) is 0. The first kappa shape index (κ1) is 9.99. The lowest BCUT2D eigenvalue weighted by Crippen LogP contribution is -2.43. The van der Waals surface area contributed by atoms with Crippen LogP contribution >= 0.6 is 0 Å². The summed E-state index contributed by atoms with van der Waals surface area (Å²) in [6, 6.07) is -0.166. The second kappa shape index (κ2) is 4.75. The maximum Gasteiger partial charge on any atom is 0.234 e. The summed E-state index contributed by atoms with van der Waals surface area (Å²) in [4.78, 5) is 10.5. The Balaban J connectivity index is 3.67. The predicted molar refractivity (Wildman–Crippen MR) is 44.7 cm³/mol. The topological polar surface area (TPSA) is 55.1 Å². The van der Waals surface area contributed by atoms with E-state index in [9.17, 15) is 4.79 Å². The highest BCUT2D eigenvalue weighted by Crippen LogP contribution is 1.90. The summed E-state index contributed by atoms with van der Waals surface area (Å²) in [6.45, 7) is 3.63. The molecule has 3 nitrogen and oxygen atoms in total. The summed E-state index contributed by atoms with van der Waals surface area (Å²) < 4.78 is 0. The van der Waals surface area contributed by atoms with Crippen molar-refractivity contribution in [1.82, 2.24) is 5.32 Å². The number of primary amides is 1. The fraction of sp³-hybridized carbons (Fsp3) is 0.625. The zero-order valence-electron chi connectivity index (χ0n) is 6.92. The first-order valence-electron chi connectivity index (χ1n) is 3.56. The van der Waals surface area contributed by atoms with Gasteiger partial charge in [-0.25, -0.2) is 0 Å². The van der Waals surface area contributed by atoms with Crippen molar-refractivity contribution in [3.8, 4) is 12.3 Å². The molecule has 0 spiro atoms. The molecule has 0 bridgehead atoms. The molecule has 0 heterocycles. The first-order valence-corrected chi connectivity index (χ1v) is 3.56. The average molecular weight is 154 g/mol. The van der Waals surface area contributed by atoms with Crippen LogP contribution in [0.25, 0.3) is 0 Å². The Morgan fingerprint density at radius 1 is 1.73 bits per heavy atom. The van der Waals surface area contributed by atoms with Gasteiger partial charge >= 0.3 is 0 Å². The molecule has 2 atom stereocenters. The molecular weight excluding hydrogens is 140 g/mol. The van der Waals surface area contributed by atoms with Crippen molar-refractivity contribution in [2.24, 2.45) is 5.73 Å². The first-order chi connectivity index (χ1) is 5.07. The van der Waals surface area contributed by atoms with Gasteiger partial charge in [0.25, 0.3) is 0 Å². The maximum atomic E-state index is 10.5. The minimum absolute atomic E-state index is 0.141. The van der Waals surface area contributed by atoms with Crippen molar-refractivity contribution >= 4 is 5.91 Å². The van der Waals surface area contributed by atoms with Gasteiger partial charge in [0, 0.05) is 12.5 Å². The molecule has 0 aromatic heterocycles. The third-order valence-electron chi connectivity index (χ3n) is 1.39. The monoisotopic (exact) mass is 154 g/mol. The number of terminal acetylenes is 1. The molecule has 0 saturated heterocycles. The number of carbonyl (C=O) groups is 1. The van der Waals surface area contributed by atoms with E-state index >= 15 is 0 Å². The molecule has 2 unspecified atom stereocenters. The molecular formula is C8H14N2O. The van der Waals surface area contributed by atoms with E-state index in [1.807, 2.05) is 6.92 Å². The van der Waals surface area contributed by atoms with Crippen molar-refractivity contribution in [2.75, 3.05) is 0 Å². The van der Waals surface area contributed by atoms with Gasteiger partial charge in [0.1, 0.15) is 0 Å². The Morgan fingerprint density at radius 2 is 2.27 bits per heavy atom. The second-order valence-electron chi connectivity index (χ2n) is 2.60. The van der Waals surface area contributed by atoms with Crippen LogP contribution in [0.4, 0.5) is 0 Å². The second-order valence-corrected chi connectivity index (χ2v) is 2.60. The average Bonchev–Trinajstić information content (AvgIpc) is 1.87. The fourth-order valence-corrected chi connectivity index (χ4v) is 0.745. The minimum atomic E-state index is -0.353. The van der Waals surface area contributed by atoms with Crippen molar-refractivity contribution in [2.45, 2.75) is 32.4 Å². The van der Waals surface area contributed by atoms with Crippen molar-refractivity contribution < 1.29 is 4.79 Å². The van der Waals surface area contributed by atoms with E-state index in [-0.39, 0.29) is 18.0 Å². The summed E-state index contributed by atoms with van der Waals surface area (Å²) in [5, 5.41) is 2.96. The van der Waals surface area contributed by atoms with Gasteiger partial charge in [0.15, 0.2) is 0 Å². The number of nitrogens with one attached hydrogen (secondary N) is 1. The Labute approximate surface area is 67.3 Å². The highest BCUT2D eigenvalue weighted by atomic mass is 16.1. The van der Waals surface area contributed by atoms with Crippen LogP contribution < -0.4 is 11.1 Å². The van der Waals surface area contributed by atoms with Gasteiger partial charge in [-0.3, -0.25) is 4.79 Å². The Bertz CT molecular complexity index is 171. The highest BCUT2D eigenvalue weighted by molar-refractivity contribution is 5.79. The van der Waals surface area contributed by atoms with Gasteiger partial charge in [-0.2, -0.15) is 0 Å². The van der Waals surface area contributed by atoms with Crippen molar-refractivity contribution in [1.29, 1.82) is 0 Å². The van der Waals surface area contributed by atoms with Gasteiger partial charge in [0.05, 0.1) is 6.04 Å². The zero-order valence-corrected chi connectivity index (χ0v) is 6.92. The van der Waals surface area contributed by atoms with Gasteiger partial charge < -0.3 is 11.1 Å². The van der Waals surface area contributed by atoms with Crippen LogP contribution in [0.5, 0.6) is 0 Å². The van der Waals surface area contributed by atoms with Crippen LogP contribution in [-0.2, 0) is 4.79 Å². The fourth-order valence-electron chi connectivity index (χ4n) is 0.745. The normalized spacial score (nSPS) is 15.0. The highest BCUT2D eigenvalue weighted by Gasteiger charge is 2.10. The molecule has 0 aromatic carbocycles. The number of amides is 1. The quantitative estimate of drug-likeness (QED) is 0.554. The summed E-state index contributed by atoms with van der Waals surface area (Å²) >= 11 is 0. The van der Waals surface area contributed by atoms with Gasteiger partial charge in [0.2, 0.25) is 5.91 Å². The number of hydrogen-bond donors (Lipinski definition) is 2. The lowest BCUT2D eigenvalue weighted by atomic mass is 10.2. The smallest absolute Gasteiger partial charge is 0.234 e. The van der Waals surface area contributed by atoms with E-state index in [1.165, 1.54) is 0 Å². The van der Waals surface area contributed by atoms with Crippen molar-refractivity contribution in [3.05, 3.63) is 0 Å². The maximum absolute atomic E-state index is 10.5. The van der Waals surface area contributed by atoms with Crippen LogP contribution in [0.1, 0.15) is 20.3 Å². The minimum Gasteiger partial charge on any atom is -0.368 e. The van der Waals surface area contributed by atoms with Crippen LogP contribution in [0.2, 0.25) is 0 Å². The molecule has 11 heavy (non-hydrogen) atoms. The lowest BCUT2D eigenvalue weighted by Gasteiger charge is -2.14. The lowest BCUT2D eigenvalue weighted by molar-refractivity contribution is -0.119. The molecule has 0 saturated carbocycles.